The zero-order chi connectivity index (χ0) is 17.1. The Bertz CT molecular complexity index is 630. The van der Waals surface area contributed by atoms with Crippen LogP contribution in [0.2, 0.25) is 0 Å². The van der Waals surface area contributed by atoms with Gasteiger partial charge in [-0.15, -0.1) is 0 Å². The first kappa shape index (κ1) is 16.4. The average molecular weight is 335 g/mol. The van der Waals surface area contributed by atoms with Gasteiger partial charge in [0.05, 0.1) is 12.2 Å². The van der Waals surface area contributed by atoms with Gasteiger partial charge in [-0.1, -0.05) is 13.0 Å². The topological polar surface area (TPSA) is 100 Å². The summed E-state index contributed by atoms with van der Waals surface area (Å²) in [4.78, 5) is 24.8. The first-order valence-electron chi connectivity index (χ1n) is 7.98. The molecule has 0 bridgehead atoms. The molecule has 24 heavy (non-hydrogen) atoms. The highest BCUT2D eigenvalue weighted by Crippen LogP contribution is 2.38. The molecule has 0 spiro atoms. The third-order valence-electron chi connectivity index (χ3n) is 4.35. The number of amides is 2. The number of aliphatic carboxylic acids is 1. The molecule has 2 amide bonds. The summed E-state index contributed by atoms with van der Waals surface area (Å²) in [6.45, 7) is 2.81. The standard InChI is InChI=1S/C16H21N3O5/c1-2-19(8-14(20)21)11-6-10(7-11)17-16(22)18-12-4-3-5-13-15(12)24-9-23-13/h3-5,10-11H,2,6-9H2,1H3,(H,20,21)(H2,17,18,22). The molecule has 1 aromatic carbocycles. The van der Waals surface area contributed by atoms with Crippen LogP contribution in [0, 0.1) is 0 Å². The molecule has 1 aromatic rings. The van der Waals surface area contributed by atoms with E-state index in [0.29, 0.717) is 23.7 Å². The zero-order valence-corrected chi connectivity index (χ0v) is 13.4. The van der Waals surface area contributed by atoms with Crippen LogP contribution in [-0.4, -0.2) is 54.0 Å². The van der Waals surface area contributed by atoms with Gasteiger partial charge in [-0.3, -0.25) is 9.69 Å². The molecule has 8 heteroatoms. The van der Waals surface area contributed by atoms with Crippen LogP contribution < -0.4 is 20.1 Å². The minimum atomic E-state index is -0.828. The number of carbonyl (C=O) groups excluding carboxylic acids is 1. The van der Waals surface area contributed by atoms with Gasteiger partial charge in [0.2, 0.25) is 6.79 Å². The zero-order valence-electron chi connectivity index (χ0n) is 13.4. The maximum Gasteiger partial charge on any atom is 0.319 e. The number of carboxylic acids is 1. The Labute approximate surface area is 139 Å². The number of rotatable bonds is 6. The first-order chi connectivity index (χ1) is 11.6. The summed E-state index contributed by atoms with van der Waals surface area (Å²) < 4.78 is 10.6. The molecule has 1 heterocycles. The van der Waals surface area contributed by atoms with Gasteiger partial charge >= 0.3 is 12.0 Å². The van der Waals surface area contributed by atoms with Crippen LogP contribution in [-0.2, 0) is 4.79 Å². The number of para-hydroxylation sites is 1. The number of nitrogens with one attached hydrogen (secondary N) is 2. The molecule has 2 aliphatic rings. The van der Waals surface area contributed by atoms with Crippen LogP contribution in [0.25, 0.3) is 0 Å². The minimum Gasteiger partial charge on any atom is -0.480 e. The van der Waals surface area contributed by atoms with Gasteiger partial charge in [0.15, 0.2) is 11.5 Å². The highest BCUT2D eigenvalue weighted by Gasteiger charge is 2.34. The lowest BCUT2D eigenvalue weighted by atomic mass is 9.85. The smallest absolute Gasteiger partial charge is 0.319 e. The molecule has 0 radical (unpaired) electrons. The first-order valence-corrected chi connectivity index (χ1v) is 7.98. The highest BCUT2D eigenvalue weighted by atomic mass is 16.7. The van der Waals surface area contributed by atoms with Crippen LogP contribution in [0.5, 0.6) is 11.5 Å². The van der Waals surface area contributed by atoms with E-state index in [1.165, 1.54) is 0 Å². The Morgan fingerprint density at radius 1 is 1.33 bits per heavy atom. The van der Waals surface area contributed by atoms with Crippen molar-refractivity contribution < 1.29 is 24.2 Å². The highest BCUT2D eigenvalue weighted by molar-refractivity contribution is 5.92. The predicted molar refractivity (Wildman–Crippen MR) is 86.4 cm³/mol. The lowest BCUT2D eigenvalue weighted by molar-refractivity contribution is -0.139. The summed E-state index contributed by atoms with van der Waals surface area (Å²) in [5.74, 6) is 0.327. The molecule has 1 fully saturated rings. The molecular weight excluding hydrogens is 314 g/mol. The van der Waals surface area contributed by atoms with Crippen molar-refractivity contribution in [3.8, 4) is 11.5 Å². The van der Waals surface area contributed by atoms with Gasteiger partial charge in [0.25, 0.3) is 0 Å². The van der Waals surface area contributed by atoms with E-state index >= 15 is 0 Å². The Morgan fingerprint density at radius 2 is 2.12 bits per heavy atom. The van der Waals surface area contributed by atoms with Crippen molar-refractivity contribution in [3.05, 3.63) is 18.2 Å². The predicted octanol–water partition coefficient (Wildman–Crippen LogP) is 1.47. The fourth-order valence-electron chi connectivity index (χ4n) is 3.05. The van der Waals surface area contributed by atoms with Crippen molar-refractivity contribution in [2.45, 2.75) is 31.8 Å². The van der Waals surface area contributed by atoms with E-state index in [-0.39, 0.29) is 31.5 Å². The van der Waals surface area contributed by atoms with E-state index < -0.39 is 5.97 Å². The molecule has 1 aliphatic heterocycles. The number of benzene rings is 1. The lowest BCUT2D eigenvalue weighted by Gasteiger charge is -2.42. The van der Waals surface area contributed by atoms with Gasteiger partial charge in [-0.25, -0.2) is 4.79 Å². The molecule has 3 rings (SSSR count). The summed E-state index contributed by atoms with van der Waals surface area (Å²) in [6, 6.07) is 5.27. The van der Waals surface area contributed by atoms with Crippen LogP contribution in [0.15, 0.2) is 18.2 Å². The number of ether oxygens (including phenoxy) is 2. The molecule has 8 nitrogen and oxygen atoms in total. The molecule has 0 saturated heterocycles. The normalized spacial score (nSPS) is 21.2. The molecule has 1 aliphatic carbocycles. The third kappa shape index (κ3) is 3.53. The summed E-state index contributed by atoms with van der Waals surface area (Å²) in [5, 5.41) is 14.6. The van der Waals surface area contributed by atoms with Crippen molar-refractivity contribution in [1.29, 1.82) is 0 Å². The van der Waals surface area contributed by atoms with E-state index in [9.17, 15) is 9.59 Å². The molecule has 0 atom stereocenters. The fraction of sp³-hybridized carbons (Fsp3) is 0.500. The summed E-state index contributed by atoms with van der Waals surface area (Å²) in [6.07, 6.45) is 1.50. The number of carbonyl (C=O) groups is 2. The number of urea groups is 1. The van der Waals surface area contributed by atoms with Gasteiger partial charge < -0.3 is 25.2 Å². The number of fused-ring (bicyclic) bond motifs is 1. The van der Waals surface area contributed by atoms with E-state index in [1.54, 1.807) is 18.2 Å². The van der Waals surface area contributed by atoms with Crippen molar-refractivity contribution in [1.82, 2.24) is 10.2 Å². The summed E-state index contributed by atoms with van der Waals surface area (Å²) in [7, 11) is 0. The lowest BCUT2D eigenvalue weighted by Crippen LogP contribution is -2.55. The SMILES string of the molecule is CCN(CC(=O)O)C1CC(NC(=O)Nc2cccc3c2OCO3)C1. The van der Waals surface area contributed by atoms with Crippen LogP contribution in [0.4, 0.5) is 10.5 Å². The summed E-state index contributed by atoms with van der Waals surface area (Å²) in [5.41, 5.74) is 0.569. The minimum absolute atomic E-state index is 0.0353. The maximum absolute atomic E-state index is 12.1. The average Bonchev–Trinajstić information content (AvgIpc) is 2.98. The maximum atomic E-state index is 12.1. The Hall–Kier alpha value is -2.48. The Morgan fingerprint density at radius 3 is 2.83 bits per heavy atom. The summed E-state index contributed by atoms with van der Waals surface area (Å²) >= 11 is 0. The van der Waals surface area contributed by atoms with Gasteiger partial charge in [0.1, 0.15) is 0 Å². The quantitative estimate of drug-likeness (QED) is 0.728. The Kier molecular flexibility index (Phi) is 4.75. The van der Waals surface area contributed by atoms with Crippen molar-refractivity contribution in [3.63, 3.8) is 0 Å². The van der Waals surface area contributed by atoms with E-state index in [0.717, 1.165) is 12.8 Å². The number of hydrogen-bond donors (Lipinski definition) is 3. The number of nitrogens with zero attached hydrogens (tertiary/aromatic N) is 1. The van der Waals surface area contributed by atoms with Crippen molar-refractivity contribution >= 4 is 17.7 Å². The van der Waals surface area contributed by atoms with Gasteiger partial charge in [-0.05, 0) is 31.5 Å². The van der Waals surface area contributed by atoms with Crippen molar-refractivity contribution in [2.24, 2.45) is 0 Å². The van der Waals surface area contributed by atoms with Gasteiger partial charge in [0, 0.05) is 12.1 Å². The second-order valence-electron chi connectivity index (χ2n) is 5.92. The molecule has 1 saturated carbocycles. The van der Waals surface area contributed by atoms with Gasteiger partial charge in [-0.2, -0.15) is 0 Å². The second kappa shape index (κ2) is 6.96. The molecular formula is C16H21N3O5. The third-order valence-corrected chi connectivity index (χ3v) is 4.35. The van der Waals surface area contributed by atoms with E-state index in [4.69, 9.17) is 14.6 Å². The number of carboxylic acid groups (broad SMARTS) is 1. The number of anilines is 1. The van der Waals surface area contributed by atoms with Crippen LogP contribution >= 0.6 is 0 Å². The van der Waals surface area contributed by atoms with Crippen LogP contribution in [0.1, 0.15) is 19.8 Å². The molecule has 0 aromatic heterocycles. The largest absolute Gasteiger partial charge is 0.480 e. The number of hydrogen-bond acceptors (Lipinski definition) is 5. The number of likely N-dealkylation sites (N-methyl/N-ethyl adjacent to an activating group) is 1. The van der Waals surface area contributed by atoms with E-state index in [1.807, 2.05) is 11.8 Å². The van der Waals surface area contributed by atoms with E-state index in [2.05, 4.69) is 10.6 Å². The molecule has 130 valence electrons. The monoisotopic (exact) mass is 335 g/mol. The molecule has 0 unspecified atom stereocenters. The Balaban J connectivity index is 1.48. The second-order valence-corrected chi connectivity index (χ2v) is 5.92. The van der Waals surface area contributed by atoms with Crippen LogP contribution in [0.3, 0.4) is 0 Å². The molecule has 3 N–H and O–H groups in total. The fourth-order valence-corrected chi connectivity index (χ4v) is 3.05. The van der Waals surface area contributed by atoms with Crippen molar-refractivity contribution in [2.75, 3.05) is 25.2 Å².